The maximum absolute atomic E-state index is 12.6. The van der Waals surface area contributed by atoms with Crippen LogP contribution < -0.4 is 5.32 Å². The second kappa shape index (κ2) is 6.36. The van der Waals surface area contributed by atoms with Crippen molar-refractivity contribution in [2.45, 2.75) is 32.2 Å². The minimum absolute atomic E-state index is 0.239. The Bertz CT molecular complexity index is 679. The standard InChI is InChI=1S/C18H20N2O3/c1-20-17(22)14-10-6-5-9-13(14)15(18(20)23)16(21)19-11-12-7-3-2-4-8-12/h2-4,7-8,15H,5-6,9-11H2,1H3,(H,19,21). The molecule has 1 N–H and O–H groups in total. The predicted octanol–water partition coefficient (Wildman–Crippen LogP) is 1.79. The van der Waals surface area contributed by atoms with Crippen LogP contribution in [0.2, 0.25) is 0 Å². The third-order valence-electron chi connectivity index (χ3n) is 4.57. The molecule has 0 saturated carbocycles. The molecule has 1 aromatic carbocycles. The van der Waals surface area contributed by atoms with Gasteiger partial charge in [-0.05, 0) is 36.8 Å². The Morgan fingerprint density at radius 2 is 1.87 bits per heavy atom. The molecule has 1 aliphatic heterocycles. The highest BCUT2D eigenvalue weighted by Gasteiger charge is 2.42. The van der Waals surface area contributed by atoms with Crippen molar-refractivity contribution in [3.05, 3.63) is 47.0 Å². The second-order valence-electron chi connectivity index (χ2n) is 6.05. The van der Waals surface area contributed by atoms with Crippen molar-refractivity contribution in [1.82, 2.24) is 10.2 Å². The molecule has 3 rings (SSSR count). The maximum Gasteiger partial charge on any atom is 0.256 e. The van der Waals surface area contributed by atoms with E-state index in [2.05, 4.69) is 5.32 Å². The van der Waals surface area contributed by atoms with Crippen LogP contribution in [0.4, 0.5) is 0 Å². The Morgan fingerprint density at radius 1 is 1.17 bits per heavy atom. The molecule has 1 atom stereocenters. The first-order chi connectivity index (χ1) is 11.1. The molecular formula is C18H20N2O3. The van der Waals surface area contributed by atoms with Gasteiger partial charge < -0.3 is 5.32 Å². The van der Waals surface area contributed by atoms with Crippen LogP contribution >= 0.6 is 0 Å². The van der Waals surface area contributed by atoms with Crippen molar-refractivity contribution in [3.8, 4) is 0 Å². The van der Waals surface area contributed by atoms with Crippen LogP contribution in [0.3, 0.4) is 0 Å². The van der Waals surface area contributed by atoms with E-state index in [1.807, 2.05) is 30.3 Å². The summed E-state index contributed by atoms with van der Waals surface area (Å²) in [5, 5.41) is 2.84. The molecule has 0 fully saturated rings. The van der Waals surface area contributed by atoms with E-state index >= 15 is 0 Å². The molecule has 1 aromatic rings. The summed E-state index contributed by atoms with van der Waals surface area (Å²) in [6.07, 6.45) is 3.18. The second-order valence-corrected chi connectivity index (χ2v) is 6.05. The van der Waals surface area contributed by atoms with Gasteiger partial charge in [-0.2, -0.15) is 0 Å². The normalized spacial score (nSPS) is 21.3. The molecule has 0 bridgehead atoms. The third kappa shape index (κ3) is 2.91. The number of amides is 3. The fraction of sp³-hybridized carbons (Fsp3) is 0.389. The Balaban J connectivity index is 1.81. The topological polar surface area (TPSA) is 66.5 Å². The maximum atomic E-state index is 12.6. The Hall–Kier alpha value is -2.43. The molecule has 0 spiro atoms. The summed E-state index contributed by atoms with van der Waals surface area (Å²) in [6.45, 7) is 0.379. The van der Waals surface area contributed by atoms with Gasteiger partial charge in [0.2, 0.25) is 11.8 Å². The first-order valence-corrected chi connectivity index (χ1v) is 7.95. The first-order valence-electron chi connectivity index (χ1n) is 7.95. The number of hydrogen-bond acceptors (Lipinski definition) is 3. The lowest BCUT2D eigenvalue weighted by Gasteiger charge is -2.34. The summed E-state index contributed by atoms with van der Waals surface area (Å²) in [5.74, 6) is -1.82. The summed E-state index contributed by atoms with van der Waals surface area (Å²) in [7, 11) is 1.46. The molecule has 2 aliphatic rings. The molecule has 1 unspecified atom stereocenters. The highest BCUT2D eigenvalue weighted by molar-refractivity contribution is 6.16. The summed E-state index contributed by atoms with van der Waals surface area (Å²) < 4.78 is 0. The zero-order chi connectivity index (χ0) is 16.4. The number of hydrogen-bond donors (Lipinski definition) is 1. The van der Waals surface area contributed by atoms with Gasteiger partial charge in [0.15, 0.2) is 0 Å². The average molecular weight is 312 g/mol. The molecule has 3 amide bonds. The van der Waals surface area contributed by atoms with Crippen LogP contribution in [0.5, 0.6) is 0 Å². The van der Waals surface area contributed by atoms with E-state index in [1.54, 1.807) is 0 Å². The fourth-order valence-electron chi connectivity index (χ4n) is 3.29. The molecule has 5 heteroatoms. The van der Waals surface area contributed by atoms with Gasteiger partial charge in [0.1, 0.15) is 5.92 Å². The van der Waals surface area contributed by atoms with Gasteiger partial charge in [0.05, 0.1) is 0 Å². The molecule has 0 aromatic heterocycles. The number of likely N-dealkylation sites (N-methyl/N-ethyl adjacent to an activating group) is 1. The molecule has 1 heterocycles. The molecule has 23 heavy (non-hydrogen) atoms. The van der Waals surface area contributed by atoms with E-state index in [9.17, 15) is 14.4 Å². The summed E-state index contributed by atoms with van der Waals surface area (Å²) in [6, 6.07) is 9.56. The lowest BCUT2D eigenvalue weighted by atomic mass is 9.79. The minimum atomic E-state index is -0.850. The van der Waals surface area contributed by atoms with Gasteiger partial charge in [0, 0.05) is 19.2 Å². The zero-order valence-corrected chi connectivity index (χ0v) is 13.2. The molecule has 5 nitrogen and oxygen atoms in total. The van der Waals surface area contributed by atoms with Gasteiger partial charge in [0.25, 0.3) is 5.91 Å². The highest BCUT2D eigenvalue weighted by atomic mass is 16.2. The van der Waals surface area contributed by atoms with Crippen molar-refractivity contribution in [3.63, 3.8) is 0 Å². The third-order valence-corrected chi connectivity index (χ3v) is 4.57. The van der Waals surface area contributed by atoms with E-state index in [4.69, 9.17) is 0 Å². The van der Waals surface area contributed by atoms with Crippen molar-refractivity contribution in [2.75, 3.05) is 7.05 Å². The summed E-state index contributed by atoms with van der Waals surface area (Å²) in [4.78, 5) is 38.4. The Labute approximate surface area is 135 Å². The molecule has 0 radical (unpaired) electrons. The van der Waals surface area contributed by atoms with Crippen LogP contribution in [0, 0.1) is 5.92 Å². The number of carbonyl (C=O) groups is 3. The van der Waals surface area contributed by atoms with Gasteiger partial charge in [-0.3, -0.25) is 19.3 Å². The number of rotatable bonds is 3. The van der Waals surface area contributed by atoms with E-state index < -0.39 is 11.8 Å². The Morgan fingerprint density at radius 3 is 2.61 bits per heavy atom. The summed E-state index contributed by atoms with van der Waals surface area (Å²) >= 11 is 0. The van der Waals surface area contributed by atoms with Crippen LogP contribution in [-0.2, 0) is 20.9 Å². The van der Waals surface area contributed by atoms with E-state index in [0.29, 0.717) is 25.0 Å². The smallest absolute Gasteiger partial charge is 0.256 e. The van der Waals surface area contributed by atoms with Gasteiger partial charge in [-0.25, -0.2) is 0 Å². The molecular weight excluding hydrogens is 292 g/mol. The SMILES string of the molecule is CN1C(=O)C2=C(CCCC2)C(C(=O)NCc2ccccc2)C1=O. The van der Waals surface area contributed by atoms with Crippen molar-refractivity contribution >= 4 is 17.7 Å². The van der Waals surface area contributed by atoms with Crippen LogP contribution in [0.25, 0.3) is 0 Å². The van der Waals surface area contributed by atoms with E-state index in [1.165, 1.54) is 7.05 Å². The largest absolute Gasteiger partial charge is 0.351 e. The van der Waals surface area contributed by atoms with Gasteiger partial charge >= 0.3 is 0 Å². The van der Waals surface area contributed by atoms with Crippen LogP contribution in [0.15, 0.2) is 41.5 Å². The lowest BCUT2D eigenvalue weighted by molar-refractivity contribution is -0.147. The summed E-state index contributed by atoms with van der Waals surface area (Å²) in [5.41, 5.74) is 2.37. The van der Waals surface area contributed by atoms with Crippen LogP contribution in [0.1, 0.15) is 31.2 Å². The predicted molar refractivity (Wildman–Crippen MR) is 85.0 cm³/mol. The van der Waals surface area contributed by atoms with Crippen molar-refractivity contribution in [1.29, 1.82) is 0 Å². The number of nitrogens with one attached hydrogen (secondary N) is 1. The van der Waals surface area contributed by atoms with Crippen LogP contribution in [-0.4, -0.2) is 29.7 Å². The zero-order valence-electron chi connectivity index (χ0n) is 13.2. The number of imide groups is 1. The van der Waals surface area contributed by atoms with Crippen molar-refractivity contribution in [2.24, 2.45) is 5.92 Å². The van der Waals surface area contributed by atoms with E-state index in [0.717, 1.165) is 28.9 Å². The van der Waals surface area contributed by atoms with Crippen molar-refractivity contribution < 1.29 is 14.4 Å². The number of nitrogens with zero attached hydrogens (tertiary/aromatic N) is 1. The van der Waals surface area contributed by atoms with Gasteiger partial charge in [-0.1, -0.05) is 30.3 Å². The highest BCUT2D eigenvalue weighted by Crippen LogP contribution is 2.35. The Kier molecular flexibility index (Phi) is 4.28. The monoisotopic (exact) mass is 312 g/mol. The fourth-order valence-corrected chi connectivity index (χ4v) is 3.29. The van der Waals surface area contributed by atoms with Gasteiger partial charge in [-0.15, -0.1) is 0 Å². The number of benzene rings is 1. The van der Waals surface area contributed by atoms with E-state index in [-0.39, 0.29) is 11.8 Å². The lowest BCUT2D eigenvalue weighted by Crippen LogP contribution is -2.50. The quantitative estimate of drug-likeness (QED) is 0.683. The molecule has 0 saturated heterocycles. The minimum Gasteiger partial charge on any atom is -0.351 e. The number of carbonyl (C=O) groups excluding carboxylic acids is 3. The average Bonchev–Trinajstić information content (AvgIpc) is 2.59. The first kappa shape index (κ1) is 15.5. The molecule has 1 aliphatic carbocycles. The molecule has 120 valence electrons.